The van der Waals surface area contributed by atoms with Crippen molar-refractivity contribution < 1.29 is 14.3 Å². The van der Waals surface area contributed by atoms with Crippen molar-refractivity contribution in [1.29, 1.82) is 0 Å². The lowest BCUT2D eigenvalue weighted by atomic mass is 10.2. The molecule has 0 spiro atoms. The van der Waals surface area contributed by atoms with Crippen LogP contribution < -0.4 is 5.32 Å². The lowest BCUT2D eigenvalue weighted by molar-refractivity contribution is -0.120. The molecule has 0 saturated carbocycles. The first-order valence-corrected chi connectivity index (χ1v) is 8.96. The van der Waals surface area contributed by atoms with Gasteiger partial charge in [-0.1, -0.05) is 46.3 Å². The van der Waals surface area contributed by atoms with Crippen molar-refractivity contribution in [1.82, 2.24) is 4.90 Å². The van der Waals surface area contributed by atoms with Crippen LogP contribution in [0.15, 0.2) is 59.1 Å². The molecule has 25 heavy (non-hydrogen) atoms. The van der Waals surface area contributed by atoms with Gasteiger partial charge in [0.25, 0.3) is 0 Å². The van der Waals surface area contributed by atoms with E-state index < -0.39 is 12.1 Å². The van der Waals surface area contributed by atoms with E-state index in [-0.39, 0.29) is 12.5 Å². The van der Waals surface area contributed by atoms with Gasteiger partial charge in [0, 0.05) is 16.7 Å². The van der Waals surface area contributed by atoms with Gasteiger partial charge in [-0.2, -0.15) is 0 Å². The topological polar surface area (TPSA) is 58.6 Å². The third kappa shape index (κ3) is 4.60. The Balaban J connectivity index is 1.58. The molecule has 0 bridgehead atoms. The zero-order valence-corrected chi connectivity index (χ0v) is 15.2. The standard InChI is InChI=1S/C19H19BrN2O3/c20-15-8-10-16(11-9-15)21-18(23)17-7-4-12-22(17)19(24)25-13-14-5-2-1-3-6-14/h1-3,5-6,8-11,17H,4,7,12-13H2,(H,21,23). The van der Waals surface area contributed by atoms with E-state index in [9.17, 15) is 9.59 Å². The van der Waals surface area contributed by atoms with E-state index in [4.69, 9.17) is 4.74 Å². The van der Waals surface area contributed by atoms with Crippen LogP contribution >= 0.6 is 15.9 Å². The summed E-state index contributed by atoms with van der Waals surface area (Å²) in [6, 6.07) is 16.3. The molecule has 1 fully saturated rings. The van der Waals surface area contributed by atoms with Gasteiger partial charge in [0.05, 0.1) is 0 Å². The summed E-state index contributed by atoms with van der Waals surface area (Å²) >= 11 is 3.36. The number of hydrogen-bond donors (Lipinski definition) is 1. The van der Waals surface area contributed by atoms with Crippen LogP contribution in [0, 0.1) is 0 Å². The molecular weight excluding hydrogens is 384 g/mol. The number of nitrogens with zero attached hydrogens (tertiary/aromatic N) is 1. The van der Waals surface area contributed by atoms with Crippen LogP contribution in [-0.4, -0.2) is 29.5 Å². The largest absolute Gasteiger partial charge is 0.445 e. The summed E-state index contributed by atoms with van der Waals surface area (Å²) < 4.78 is 6.30. The molecule has 1 aliphatic heterocycles. The second kappa shape index (κ2) is 8.16. The molecule has 2 aromatic carbocycles. The van der Waals surface area contributed by atoms with Gasteiger partial charge >= 0.3 is 6.09 Å². The highest BCUT2D eigenvalue weighted by Gasteiger charge is 2.35. The molecule has 0 aromatic heterocycles. The summed E-state index contributed by atoms with van der Waals surface area (Å²) in [7, 11) is 0. The fraction of sp³-hybridized carbons (Fsp3) is 0.263. The normalized spacial score (nSPS) is 16.5. The first kappa shape index (κ1) is 17.5. The van der Waals surface area contributed by atoms with Crippen LogP contribution in [0.3, 0.4) is 0 Å². The molecule has 1 unspecified atom stereocenters. The van der Waals surface area contributed by atoms with Gasteiger partial charge in [-0.15, -0.1) is 0 Å². The van der Waals surface area contributed by atoms with E-state index >= 15 is 0 Å². The Morgan fingerprint density at radius 2 is 1.84 bits per heavy atom. The third-order valence-corrected chi connectivity index (χ3v) is 4.64. The number of ether oxygens (including phenoxy) is 1. The van der Waals surface area contributed by atoms with Gasteiger partial charge in [0.15, 0.2) is 0 Å². The Morgan fingerprint density at radius 3 is 2.56 bits per heavy atom. The highest BCUT2D eigenvalue weighted by molar-refractivity contribution is 9.10. The summed E-state index contributed by atoms with van der Waals surface area (Å²) in [5.41, 5.74) is 1.63. The summed E-state index contributed by atoms with van der Waals surface area (Å²) in [5.74, 6) is -0.184. The molecule has 2 amide bonds. The molecule has 130 valence electrons. The summed E-state index contributed by atoms with van der Waals surface area (Å²) in [4.78, 5) is 26.4. The monoisotopic (exact) mass is 402 g/mol. The quantitative estimate of drug-likeness (QED) is 0.833. The predicted octanol–water partition coefficient (Wildman–Crippen LogP) is 4.19. The number of amides is 2. The van der Waals surface area contributed by atoms with Gasteiger partial charge < -0.3 is 10.1 Å². The van der Waals surface area contributed by atoms with E-state index in [1.54, 1.807) is 0 Å². The van der Waals surface area contributed by atoms with Crippen molar-refractivity contribution in [3.05, 3.63) is 64.6 Å². The number of carbonyl (C=O) groups excluding carboxylic acids is 2. The van der Waals surface area contributed by atoms with Crippen LogP contribution in [0.4, 0.5) is 10.5 Å². The van der Waals surface area contributed by atoms with Crippen LogP contribution in [0.25, 0.3) is 0 Å². The highest BCUT2D eigenvalue weighted by atomic mass is 79.9. The lowest BCUT2D eigenvalue weighted by Crippen LogP contribution is -2.43. The van der Waals surface area contributed by atoms with E-state index in [0.29, 0.717) is 18.7 Å². The molecule has 5 nitrogen and oxygen atoms in total. The Labute approximate surface area is 155 Å². The predicted molar refractivity (Wildman–Crippen MR) is 99.1 cm³/mol. The second-order valence-electron chi connectivity index (χ2n) is 5.89. The van der Waals surface area contributed by atoms with Crippen molar-refractivity contribution >= 4 is 33.6 Å². The molecule has 2 aromatic rings. The Kier molecular flexibility index (Phi) is 5.71. The van der Waals surface area contributed by atoms with Crippen molar-refractivity contribution in [3.8, 4) is 0 Å². The zero-order chi connectivity index (χ0) is 17.6. The number of benzene rings is 2. The van der Waals surface area contributed by atoms with E-state index in [0.717, 1.165) is 16.5 Å². The molecule has 3 rings (SSSR count). The second-order valence-corrected chi connectivity index (χ2v) is 6.80. The van der Waals surface area contributed by atoms with E-state index in [1.807, 2.05) is 54.6 Å². The molecular formula is C19H19BrN2O3. The molecule has 1 N–H and O–H groups in total. The summed E-state index contributed by atoms with van der Waals surface area (Å²) in [6.45, 7) is 0.739. The van der Waals surface area contributed by atoms with Crippen molar-refractivity contribution in [2.24, 2.45) is 0 Å². The molecule has 1 atom stereocenters. The highest BCUT2D eigenvalue weighted by Crippen LogP contribution is 2.21. The third-order valence-electron chi connectivity index (χ3n) is 4.11. The van der Waals surface area contributed by atoms with Crippen LogP contribution in [0.1, 0.15) is 18.4 Å². The Hall–Kier alpha value is -2.34. The first-order valence-electron chi connectivity index (χ1n) is 8.17. The summed E-state index contributed by atoms with van der Waals surface area (Å²) in [6.07, 6.45) is 0.985. The van der Waals surface area contributed by atoms with Crippen molar-refractivity contribution in [2.75, 3.05) is 11.9 Å². The average Bonchev–Trinajstić information content (AvgIpc) is 3.12. The smallest absolute Gasteiger partial charge is 0.410 e. The van der Waals surface area contributed by atoms with Gasteiger partial charge in [-0.25, -0.2) is 4.79 Å². The number of nitrogens with one attached hydrogen (secondary N) is 1. The number of hydrogen-bond acceptors (Lipinski definition) is 3. The maximum atomic E-state index is 12.5. The molecule has 0 radical (unpaired) electrons. The molecule has 1 saturated heterocycles. The van der Waals surface area contributed by atoms with Crippen LogP contribution in [-0.2, 0) is 16.1 Å². The van der Waals surface area contributed by atoms with Gasteiger partial charge in [0.1, 0.15) is 12.6 Å². The zero-order valence-electron chi connectivity index (χ0n) is 13.7. The van der Waals surface area contributed by atoms with Crippen LogP contribution in [0.5, 0.6) is 0 Å². The molecule has 6 heteroatoms. The first-order chi connectivity index (χ1) is 12.1. The van der Waals surface area contributed by atoms with Gasteiger partial charge in [0.2, 0.25) is 5.91 Å². The van der Waals surface area contributed by atoms with Crippen molar-refractivity contribution in [2.45, 2.75) is 25.5 Å². The number of halogens is 1. The minimum absolute atomic E-state index is 0.184. The van der Waals surface area contributed by atoms with Crippen LogP contribution in [0.2, 0.25) is 0 Å². The van der Waals surface area contributed by atoms with Gasteiger partial charge in [-0.3, -0.25) is 9.69 Å². The molecule has 1 heterocycles. The number of likely N-dealkylation sites (tertiary alicyclic amines) is 1. The average molecular weight is 403 g/mol. The maximum Gasteiger partial charge on any atom is 0.410 e. The fourth-order valence-corrected chi connectivity index (χ4v) is 3.08. The SMILES string of the molecule is O=C(Nc1ccc(Br)cc1)C1CCCN1C(=O)OCc1ccccc1. The van der Waals surface area contributed by atoms with Crippen molar-refractivity contribution in [3.63, 3.8) is 0 Å². The maximum absolute atomic E-state index is 12.5. The lowest BCUT2D eigenvalue weighted by Gasteiger charge is -2.23. The van der Waals surface area contributed by atoms with E-state index in [2.05, 4.69) is 21.2 Å². The number of anilines is 1. The number of carbonyl (C=O) groups is 2. The summed E-state index contributed by atoms with van der Waals surface area (Å²) in [5, 5.41) is 2.86. The minimum atomic E-state index is -0.494. The molecule has 0 aliphatic carbocycles. The Morgan fingerprint density at radius 1 is 1.12 bits per heavy atom. The minimum Gasteiger partial charge on any atom is -0.445 e. The molecule has 1 aliphatic rings. The fourth-order valence-electron chi connectivity index (χ4n) is 2.82. The Bertz CT molecular complexity index is 734. The van der Waals surface area contributed by atoms with Gasteiger partial charge in [-0.05, 0) is 42.7 Å². The number of rotatable bonds is 4. The van der Waals surface area contributed by atoms with E-state index in [1.165, 1.54) is 4.90 Å².